The minimum Gasteiger partial charge on any atom is -0.445 e. The van der Waals surface area contributed by atoms with Crippen LogP contribution in [-0.4, -0.2) is 24.0 Å². The van der Waals surface area contributed by atoms with Crippen LogP contribution in [0.25, 0.3) is 0 Å². The summed E-state index contributed by atoms with van der Waals surface area (Å²) in [7, 11) is 0. The average molecular weight is 386 g/mol. The molecule has 2 aliphatic rings. The maximum absolute atomic E-state index is 13.2. The summed E-state index contributed by atoms with van der Waals surface area (Å²) in [6.45, 7) is 2.32. The summed E-state index contributed by atoms with van der Waals surface area (Å²) in [5.74, 6) is -0.589. The van der Waals surface area contributed by atoms with E-state index in [0.717, 1.165) is 27.7 Å². The molecule has 0 N–H and O–H groups in total. The number of carbonyl (C=O) groups excluding carboxylic acids is 2. The van der Waals surface area contributed by atoms with Gasteiger partial charge in [0, 0.05) is 23.1 Å². The fourth-order valence-electron chi connectivity index (χ4n) is 3.52. The Balaban J connectivity index is 1.68. The van der Waals surface area contributed by atoms with Gasteiger partial charge in [-0.05, 0) is 48.7 Å². The second-order valence-electron chi connectivity index (χ2n) is 6.43. The van der Waals surface area contributed by atoms with Crippen molar-refractivity contribution in [2.24, 2.45) is 0 Å². The predicted octanol–water partition coefficient (Wildman–Crippen LogP) is 3.51. The molecule has 0 aromatic heterocycles. The van der Waals surface area contributed by atoms with Crippen molar-refractivity contribution in [3.63, 3.8) is 0 Å². The molecule has 2 heterocycles. The molecule has 4 nitrogen and oxygen atoms in total. The molecule has 1 amide bonds. The van der Waals surface area contributed by atoms with Gasteiger partial charge in [-0.15, -0.1) is 0 Å². The van der Waals surface area contributed by atoms with Gasteiger partial charge < -0.3 is 9.64 Å². The second-order valence-corrected chi connectivity index (χ2v) is 7.35. The van der Waals surface area contributed by atoms with Crippen LogP contribution in [0.1, 0.15) is 28.4 Å². The van der Waals surface area contributed by atoms with Crippen molar-refractivity contribution in [2.75, 3.05) is 11.4 Å². The fourth-order valence-corrected chi connectivity index (χ4v) is 3.93. The van der Waals surface area contributed by atoms with Crippen molar-refractivity contribution >= 4 is 33.5 Å². The highest BCUT2D eigenvalue weighted by atomic mass is 79.9. The van der Waals surface area contributed by atoms with Crippen LogP contribution in [0.15, 0.2) is 46.9 Å². The molecular weight excluding hydrogens is 370 g/mol. The van der Waals surface area contributed by atoms with Crippen molar-refractivity contribution in [3.05, 3.63) is 63.6 Å². The van der Waals surface area contributed by atoms with E-state index in [1.165, 1.54) is 0 Å². The molecule has 2 aromatic rings. The number of fused-ring (bicyclic) bond motifs is 2. The first-order valence-electron chi connectivity index (χ1n) is 7.89. The van der Waals surface area contributed by atoms with Gasteiger partial charge >= 0.3 is 5.97 Å². The number of hydrogen-bond donors (Lipinski definition) is 0. The van der Waals surface area contributed by atoms with Gasteiger partial charge in [0.2, 0.25) is 0 Å². The third kappa shape index (κ3) is 2.35. The minimum absolute atomic E-state index is 0.161. The summed E-state index contributed by atoms with van der Waals surface area (Å²) in [6.07, 6.45) is 1.21. The predicted molar refractivity (Wildman–Crippen MR) is 94.2 cm³/mol. The van der Waals surface area contributed by atoms with Gasteiger partial charge in [-0.1, -0.05) is 34.1 Å². The second kappa shape index (κ2) is 5.45. The zero-order chi connectivity index (χ0) is 16.9. The van der Waals surface area contributed by atoms with E-state index in [2.05, 4.69) is 15.9 Å². The lowest BCUT2D eigenvalue weighted by atomic mass is 9.89. The van der Waals surface area contributed by atoms with Crippen LogP contribution in [0.4, 0.5) is 5.69 Å². The Labute approximate surface area is 148 Å². The maximum atomic E-state index is 13.2. The Bertz CT molecular complexity index is 863. The van der Waals surface area contributed by atoms with Gasteiger partial charge in [0.15, 0.2) is 5.60 Å². The number of amides is 1. The lowest BCUT2D eigenvalue weighted by Gasteiger charge is -2.36. The third-order valence-electron chi connectivity index (χ3n) is 4.72. The van der Waals surface area contributed by atoms with E-state index in [9.17, 15) is 9.59 Å². The van der Waals surface area contributed by atoms with Crippen LogP contribution in [0.5, 0.6) is 0 Å². The molecular formula is C19H16BrNO3. The van der Waals surface area contributed by atoms with Crippen LogP contribution in [0.2, 0.25) is 0 Å². The molecule has 0 radical (unpaired) electrons. The van der Waals surface area contributed by atoms with Crippen molar-refractivity contribution in [3.8, 4) is 0 Å². The zero-order valence-electron chi connectivity index (χ0n) is 13.2. The van der Waals surface area contributed by atoms with Crippen LogP contribution in [0.3, 0.4) is 0 Å². The number of anilines is 1. The number of nitrogens with zero attached hydrogens (tertiary/aromatic N) is 1. The molecule has 122 valence electrons. The van der Waals surface area contributed by atoms with Crippen molar-refractivity contribution in [1.82, 2.24) is 0 Å². The number of rotatable bonds is 1. The van der Waals surface area contributed by atoms with Gasteiger partial charge in [0.25, 0.3) is 5.91 Å². The molecule has 5 heteroatoms. The molecule has 0 aliphatic carbocycles. The molecule has 2 aromatic carbocycles. The summed E-state index contributed by atoms with van der Waals surface area (Å²) in [6, 6.07) is 13.2. The van der Waals surface area contributed by atoms with Crippen LogP contribution in [-0.2, 0) is 22.4 Å². The topological polar surface area (TPSA) is 46.6 Å². The summed E-state index contributed by atoms with van der Waals surface area (Å²) in [5.41, 5.74) is 2.27. The molecule has 4 rings (SSSR count). The molecule has 0 fully saturated rings. The van der Waals surface area contributed by atoms with E-state index in [4.69, 9.17) is 4.74 Å². The first kappa shape index (κ1) is 15.4. The van der Waals surface area contributed by atoms with Crippen molar-refractivity contribution < 1.29 is 14.3 Å². The van der Waals surface area contributed by atoms with Gasteiger partial charge in [-0.3, -0.25) is 4.79 Å². The van der Waals surface area contributed by atoms with E-state index in [1.807, 2.05) is 30.3 Å². The van der Waals surface area contributed by atoms with E-state index in [1.54, 1.807) is 24.0 Å². The van der Waals surface area contributed by atoms with E-state index in [0.29, 0.717) is 18.5 Å². The first-order valence-corrected chi connectivity index (χ1v) is 8.69. The highest BCUT2D eigenvalue weighted by molar-refractivity contribution is 9.10. The van der Waals surface area contributed by atoms with Gasteiger partial charge in [0.05, 0.1) is 5.56 Å². The number of benzene rings is 2. The summed E-state index contributed by atoms with van der Waals surface area (Å²) >= 11 is 3.46. The third-order valence-corrected chi connectivity index (χ3v) is 5.21. The monoisotopic (exact) mass is 385 g/mol. The van der Waals surface area contributed by atoms with Crippen LogP contribution < -0.4 is 4.90 Å². The Kier molecular flexibility index (Phi) is 3.49. The lowest BCUT2D eigenvalue weighted by Crippen LogP contribution is -2.53. The Morgan fingerprint density at radius 3 is 2.83 bits per heavy atom. The molecule has 24 heavy (non-hydrogen) atoms. The minimum atomic E-state index is -1.17. The molecule has 0 spiro atoms. The van der Waals surface area contributed by atoms with Crippen molar-refractivity contribution in [2.45, 2.75) is 25.4 Å². The van der Waals surface area contributed by atoms with Crippen LogP contribution in [0, 0.1) is 0 Å². The van der Waals surface area contributed by atoms with Gasteiger partial charge in [-0.2, -0.15) is 0 Å². The zero-order valence-corrected chi connectivity index (χ0v) is 14.8. The smallest absolute Gasteiger partial charge is 0.339 e. The number of cyclic esters (lactones) is 1. The van der Waals surface area contributed by atoms with E-state index < -0.39 is 11.6 Å². The largest absolute Gasteiger partial charge is 0.445 e. The van der Waals surface area contributed by atoms with Gasteiger partial charge in [-0.25, -0.2) is 4.79 Å². The first-order chi connectivity index (χ1) is 11.5. The van der Waals surface area contributed by atoms with Gasteiger partial charge in [0.1, 0.15) is 0 Å². The quantitative estimate of drug-likeness (QED) is 0.705. The average Bonchev–Trinajstić information content (AvgIpc) is 2.96. The van der Waals surface area contributed by atoms with Crippen molar-refractivity contribution in [1.29, 1.82) is 0 Å². The molecule has 0 saturated heterocycles. The summed E-state index contributed by atoms with van der Waals surface area (Å²) < 4.78 is 6.57. The number of halogens is 1. The maximum Gasteiger partial charge on any atom is 0.339 e. The molecule has 0 bridgehead atoms. The van der Waals surface area contributed by atoms with Crippen LogP contribution >= 0.6 is 15.9 Å². The number of hydrogen-bond acceptors (Lipinski definition) is 3. The molecule has 1 atom stereocenters. The Hall–Kier alpha value is -2.14. The standard InChI is InChI=1S/C19H16BrNO3/c1-19(11-13-4-2-3-5-15(13)17(22)24-19)18(23)21-9-8-12-10-14(20)6-7-16(12)21/h2-7,10H,8-9,11H2,1H3. The summed E-state index contributed by atoms with van der Waals surface area (Å²) in [4.78, 5) is 27.2. The molecule has 2 aliphatic heterocycles. The molecule has 1 unspecified atom stereocenters. The summed E-state index contributed by atoms with van der Waals surface area (Å²) in [5, 5.41) is 0. The fraction of sp³-hybridized carbons (Fsp3) is 0.263. The highest BCUT2D eigenvalue weighted by Gasteiger charge is 2.46. The molecule has 0 saturated carbocycles. The highest BCUT2D eigenvalue weighted by Crippen LogP contribution is 2.35. The Morgan fingerprint density at radius 2 is 2.00 bits per heavy atom. The number of carbonyl (C=O) groups is 2. The SMILES string of the molecule is CC1(C(=O)N2CCc3cc(Br)ccc32)Cc2ccccc2C(=O)O1. The van der Waals surface area contributed by atoms with E-state index >= 15 is 0 Å². The normalized spacial score (nSPS) is 21.9. The number of esters is 1. The van der Waals surface area contributed by atoms with E-state index in [-0.39, 0.29) is 5.91 Å². The number of ether oxygens (including phenoxy) is 1. The lowest BCUT2D eigenvalue weighted by molar-refractivity contribution is -0.136. The Morgan fingerprint density at radius 1 is 1.21 bits per heavy atom.